The number of likely N-dealkylation sites (tertiary alicyclic amines) is 1. The van der Waals surface area contributed by atoms with Crippen molar-refractivity contribution in [2.75, 3.05) is 36.4 Å². The van der Waals surface area contributed by atoms with Gasteiger partial charge in [-0.3, -0.25) is 9.69 Å². The molecule has 2 aliphatic rings. The minimum absolute atomic E-state index is 0.0539. The van der Waals surface area contributed by atoms with Crippen LogP contribution in [0.5, 0.6) is 0 Å². The van der Waals surface area contributed by atoms with Gasteiger partial charge in [0.1, 0.15) is 0 Å². The zero-order valence-corrected chi connectivity index (χ0v) is 15.0. The number of rotatable bonds is 4. The summed E-state index contributed by atoms with van der Waals surface area (Å²) in [6.45, 7) is 6.38. The molecule has 1 unspecified atom stereocenters. The molecule has 2 aliphatic heterocycles. The Morgan fingerprint density at radius 2 is 1.58 bits per heavy atom. The highest BCUT2D eigenvalue weighted by molar-refractivity contribution is 5.95. The molecule has 2 heterocycles. The highest BCUT2D eigenvalue weighted by atomic mass is 16.2. The summed E-state index contributed by atoms with van der Waals surface area (Å²) in [4.78, 5) is 17.4. The first kappa shape index (κ1) is 17.3. The minimum Gasteiger partial charge on any atom is -0.371 e. The number of piperidine rings is 1. The number of hydrogen-bond donors (Lipinski definition) is 1. The van der Waals surface area contributed by atoms with Crippen LogP contribution >= 0.6 is 0 Å². The zero-order chi connectivity index (χ0) is 16.8. The predicted octanol–water partition coefficient (Wildman–Crippen LogP) is 3.88. The molecule has 4 nitrogen and oxygen atoms in total. The van der Waals surface area contributed by atoms with Crippen LogP contribution in [0.3, 0.4) is 0 Å². The fourth-order valence-corrected chi connectivity index (χ4v) is 3.83. The van der Waals surface area contributed by atoms with Crippen LogP contribution in [0, 0.1) is 0 Å². The van der Waals surface area contributed by atoms with E-state index in [2.05, 4.69) is 33.3 Å². The molecule has 4 heteroatoms. The van der Waals surface area contributed by atoms with E-state index in [0.717, 1.165) is 31.9 Å². The Morgan fingerprint density at radius 3 is 2.29 bits per heavy atom. The van der Waals surface area contributed by atoms with Crippen molar-refractivity contribution in [1.29, 1.82) is 0 Å². The molecule has 1 amide bonds. The van der Waals surface area contributed by atoms with E-state index in [1.807, 2.05) is 13.0 Å². The highest BCUT2D eigenvalue weighted by Gasteiger charge is 2.22. The third kappa shape index (κ3) is 4.50. The monoisotopic (exact) mass is 329 g/mol. The molecular weight excluding hydrogens is 298 g/mol. The van der Waals surface area contributed by atoms with Crippen molar-refractivity contribution >= 4 is 17.3 Å². The van der Waals surface area contributed by atoms with E-state index in [0.29, 0.717) is 0 Å². The Kier molecular flexibility index (Phi) is 6.13. The van der Waals surface area contributed by atoms with Gasteiger partial charge in [-0.15, -0.1) is 0 Å². The average molecular weight is 329 g/mol. The van der Waals surface area contributed by atoms with E-state index in [1.54, 1.807) is 0 Å². The molecule has 2 fully saturated rings. The van der Waals surface area contributed by atoms with E-state index >= 15 is 0 Å². The van der Waals surface area contributed by atoms with Gasteiger partial charge in [0.2, 0.25) is 5.91 Å². The number of nitrogens with one attached hydrogen (secondary N) is 1. The summed E-state index contributed by atoms with van der Waals surface area (Å²) in [5.41, 5.74) is 2.15. The second-order valence-corrected chi connectivity index (χ2v) is 7.21. The number of anilines is 2. The van der Waals surface area contributed by atoms with Crippen LogP contribution < -0.4 is 10.2 Å². The van der Waals surface area contributed by atoms with Gasteiger partial charge in [0.25, 0.3) is 0 Å². The van der Waals surface area contributed by atoms with Crippen molar-refractivity contribution in [3.63, 3.8) is 0 Å². The third-order valence-electron chi connectivity index (χ3n) is 5.40. The van der Waals surface area contributed by atoms with Gasteiger partial charge in [0.15, 0.2) is 0 Å². The Labute approximate surface area is 146 Å². The number of nitrogens with zero attached hydrogens (tertiary/aromatic N) is 2. The van der Waals surface area contributed by atoms with Crippen LogP contribution in [0.1, 0.15) is 51.9 Å². The van der Waals surface area contributed by atoms with Crippen LogP contribution in [0.25, 0.3) is 0 Å². The van der Waals surface area contributed by atoms with Crippen LogP contribution in [-0.4, -0.2) is 43.0 Å². The Bertz CT molecular complexity index is 531. The lowest BCUT2D eigenvalue weighted by Gasteiger charge is -2.29. The molecule has 0 saturated carbocycles. The standard InChI is InChI=1S/C20H31N3O/c1-17(22-12-5-2-3-6-13-22)20(24)21-18-10-9-11-19(16-18)23-14-7-4-8-15-23/h9-11,16-17H,2-8,12-15H2,1H3,(H,21,24). The maximum atomic E-state index is 12.6. The maximum Gasteiger partial charge on any atom is 0.241 e. The normalized spacial score (nSPS) is 21.1. The molecule has 0 aliphatic carbocycles. The molecule has 132 valence electrons. The second kappa shape index (κ2) is 8.52. The van der Waals surface area contributed by atoms with Gasteiger partial charge < -0.3 is 10.2 Å². The predicted molar refractivity (Wildman–Crippen MR) is 101 cm³/mol. The second-order valence-electron chi connectivity index (χ2n) is 7.21. The largest absolute Gasteiger partial charge is 0.371 e. The lowest BCUT2D eigenvalue weighted by molar-refractivity contribution is -0.120. The van der Waals surface area contributed by atoms with Gasteiger partial charge in [-0.05, 0) is 70.3 Å². The topological polar surface area (TPSA) is 35.6 Å². The van der Waals surface area contributed by atoms with Crippen molar-refractivity contribution in [3.8, 4) is 0 Å². The Hall–Kier alpha value is -1.55. The average Bonchev–Trinajstić information content (AvgIpc) is 2.91. The van der Waals surface area contributed by atoms with E-state index in [9.17, 15) is 4.79 Å². The van der Waals surface area contributed by atoms with Gasteiger partial charge >= 0.3 is 0 Å². The summed E-state index contributed by atoms with van der Waals surface area (Å²) in [7, 11) is 0. The summed E-state index contributed by atoms with van der Waals surface area (Å²) in [5, 5.41) is 3.13. The number of amides is 1. The van der Waals surface area contributed by atoms with E-state index in [4.69, 9.17) is 0 Å². The first-order valence-electron chi connectivity index (χ1n) is 9.64. The van der Waals surface area contributed by atoms with Gasteiger partial charge in [-0.2, -0.15) is 0 Å². The molecule has 24 heavy (non-hydrogen) atoms. The first-order valence-corrected chi connectivity index (χ1v) is 9.64. The van der Waals surface area contributed by atoms with Crippen molar-refractivity contribution in [2.24, 2.45) is 0 Å². The van der Waals surface area contributed by atoms with Crippen LogP contribution in [0.4, 0.5) is 11.4 Å². The molecule has 0 aromatic heterocycles. The van der Waals surface area contributed by atoms with Crippen LogP contribution in [-0.2, 0) is 4.79 Å². The summed E-state index contributed by atoms with van der Waals surface area (Å²) < 4.78 is 0. The first-order chi connectivity index (χ1) is 11.7. The van der Waals surface area contributed by atoms with Gasteiger partial charge in [-0.25, -0.2) is 0 Å². The minimum atomic E-state index is -0.0539. The quantitative estimate of drug-likeness (QED) is 0.910. The molecule has 3 rings (SSSR count). The highest BCUT2D eigenvalue weighted by Crippen LogP contribution is 2.23. The van der Waals surface area contributed by atoms with Crippen molar-refractivity contribution in [1.82, 2.24) is 4.90 Å². The molecule has 2 saturated heterocycles. The Balaban J connectivity index is 1.61. The third-order valence-corrected chi connectivity index (χ3v) is 5.40. The fraction of sp³-hybridized carbons (Fsp3) is 0.650. The molecule has 0 spiro atoms. The van der Waals surface area contributed by atoms with Crippen molar-refractivity contribution < 1.29 is 4.79 Å². The van der Waals surface area contributed by atoms with Crippen LogP contribution in [0.15, 0.2) is 24.3 Å². The molecule has 0 bridgehead atoms. The maximum absolute atomic E-state index is 12.6. The number of hydrogen-bond acceptors (Lipinski definition) is 3. The molecular formula is C20H31N3O. The van der Waals surface area contributed by atoms with Gasteiger partial charge in [-0.1, -0.05) is 18.9 Å². The number of carbonyl (C=O) groups is 1. The zero-order valence-electron chi connectivity index (χ0n) is 15.0. The molecule has 0 radical (unpaired) electrons. The van der Waals surface area contributed by atoms with Crippen molar-refractivity contribution in [2.45, 2.75) is 57.9 Å². The summed E-state index contributed by atoms with van der Waals surface area (Å²) in [5.74, 6) is 0.118. The summed E-state index contributed by atoms with van der Waals surface area (Å²) >= 11 is 0. The van der Waals surface area contributed by atoms with E-state index in [-0.39, 0.29) is 11.9 Å². The van der Waals surface area contributed by atoms with E-state index < -0.39 is 0 Å². The van der Waals surface area contributed by atoms with E-state index in [1.165, 1.54) is 50.6 Å². The molecule has 1 atom stereocenters. The van der Waals surface area contributed by atoms with Crippen molar-refractivity contribution in [3.05, 3.63) is 24.3 Å². The summed E-state index contributed by atoms with van der Waals surface area (Å²) in [6.07, 6.45) is 8.88. The fourth-order valence-electron chi connectivity index (χ4n) is 3.83. The van der Waals surface area contributed by atoms with Gasteiger partial charge in [0, 0.05) is 24.5 Å². The molecule has 1 aromatic rings. The number of carbonyl (C=O) groups excluding carboxylic acids is 1. The van der Waals surface area contributed by atoms with Crippen LogP contribution in [0.2, 0.25) is 0 Å². The number of benzene rings is 1. The summed E-state index contributed by atoms with van der Waals surface area (Å²) in [6, 6.07) is 8.27. The lowest BCUT2D eigenvalue weighted by atomic mass is 10.1. The van der Waals surface area contributed by atoms with Gasteiger partial charge in [0.05, 0.1) is 6.04 Å². The lowest BCUT2D eigenvalue weighted by Crippen LogP contribution is -2.42. The SMILES string of the molecule is CC(C(=O)Nc1cccc(N2CCCCC2)c1)N1CCCCCC1. The Morgan fingerprint density at radius 1 is 0.958 bits per heavy atom. The smallest absolute Gasteiger partial charge is 0.241 e. The molecule has 1 N–H and O–H groups in total. The molecule has 1 aromatic carbocycles.